The summed E-state index contributed by atoms with van der Waals surface area (Å²) in [6.45, 7) is 3.40. The molecule has 7 nitrogen and oxygen atoms in total. The first-order valence-corrected chi connectivity index (χ1v) is 6.45. The Hall–Kier alpha value is -2.15. The molecule has 1 unspecified atom stereocenters. The lowest BCUT2D eigenvalue weighted by molar-refractivity contribution is -0.141. The number of pyridine rings is 1. The lowest BCUT2D eigenvalue weighted by Crippen LogP contribution is -2.50. The highest BCUT2D eigenvalue weighted by molar-refractivity contribution is 5.93. The van der Waals surface area contributed by atoms with E-state index in [1.165, 1.54) is 6.20 Å². The molecule has 0 spiro atoms. The summed E-state index contributed by atoms with van der Waals surface area (Å²) in [7, 11) is 0. The van der Waals surface area contributed by atoms with Gasteiger partial charge in [0.05, 0.1) is 13.2 Å². The third kappa shape index (κ3) is 3.05. The number of carbonyl (C=O) groups excluding carboxylic acids is 1. The maximum absolute atomic E-state index is 11.8. The van der Waals surface area contributed by atoms with Gasteiger partial charge < -0.3 is 20.1 Å². The summed E-state index contributed by atoms with van der Waals surface area (Å²) in [6, 6.07) is 2.56. The van der Waals surface area contributed by atoms with Crippen LogP contribution in [0.1, 0.15) is 17.4 Å². The van der Waals surface area contributed by atoms with Crippen LogP contribution in [-0.4, -0.2) is 54.3 Å². The maximum Gasteiger partial charge on any atom is 0.328 e. The number of nitrogens with one attached hydrogen (secondary N) is 1. The number of nitrogens with zero attached hydrogens (tertiary/aromatic N) is 2. The van der Waals surface area contributed by atoms with Crippen molar-refractivity contribution >= 4 is 17.6 Å². The number of ether oxygens (including phenoxy) is 1. The van der Waals surface area contributed by atoms with Crippen molar-refractivity contribution < 1.29 is 19.4 Å². The predicted molar refractivity (Wildman–Crippen MR) is 71.8 cm³/mol. The SMILES string of the molecule is CCNC(=O)c1cc(N2CCOCC2C(=O)O)ccn1. The molecule has 0 aromatic carbocycles. The minimum atomic E-state index is -0.943. The van der Waals surface area contributed by atoms with Gasteiger partial charge in [0.1, 0.15) is 5.69 Å². The van der Waals surface area contributed by atoms with Crippen LogP contribution in [0.5, 0.6) is 0 Å². The van der Waals surface area contributed by atoms with E-state index in [2.05, 4.69) is 10.3 Å². The normalized spacial score (nSPS) is 18.6. The number of morpholine rings is 1. The second-order valence-corrected chi connectivity index (χ2v) is 4.38. The fourth-order valence-corrected chi connectivity index (χ4v) is 2.09. The predicted octanol–water partition coefficient (Wildman–Crippen LogP) is 0.121. The zero-order chi connectivity index (χ0) is 14.5. The van der Waals surface area contributed by atoms with Crippen LogP contribution in [0.25, 0.3) is 0 Å². The summed E-state index contributed by atoms with van der Waals surface area (Å²) in [6.07, 6.45) is 1.51. The molecule has 108 valence electrons. The Morgan fingerprint density at radius 2 is 2.40 bits per heavy atom. The molecule has 0 bridgehead atoms. The van der Waals surface area contributed by atoms with Gasteiger partial charge in [-0.3, -0.25) is 9.78 Å². The van der Waals surface area contributed by atoms with E-state index >= 15 is 0 Å². The van der Waals surface area contributed by atoms with Gasteiger partial charge in [-0.25, -0.2) is 4.79 Å². The van der Waals surface area contributed by atoms with Crippen LogP contribution in [0.4, 0.5) is 5.69 Å². The third-order valence-corrected chi connectivity index (χ3v) is 3.06. The summed E-state index contributed by atoms with van der Waals surface area (Å²) in [5.41, 5.74) is 0.942. The number of rotatable bonds is 4. The fourth-order valence-electron chi connectivity index (χ4n) is 2.09. The van der Waals surface area contributed by atoms with E-state index in [9.17, 15) is 14.7 Å². The molecule has 1 aromatic heterocycles. The van der Waals surface area contributed by atoms with E-state index in [0.29, 0.717) is 25.4 Å². The Labute approximate surface area is 116 Å². The number of anilines is 1. The molecule has 1 aliphatic heterocycles. The van der Waals surface area contributed by atoms with Crippen LogP contribution in [0.3, 0.4) is 0 Å². The van der Waals surface area contributed by atoms with E-state index in [0.717, 1.165) is 0 Å². The van der Waals surface area contributed by atoms with Crippen LogP contribution in [0.15, 0.2) is 18.3 Å². The Morgan fingerprint density at radius 3 is 3.10 bits per heavy atom. The van der Waals surface area contributed by atoms with Gasteiger partial charge >= 0.3 is 5.97 Å². The molecule has 0 saturated carbocycles. The van der Waals surface area contributed by atoms with Gasteiger partial charge in [-0.15, -0.1) is 0 Å². The van der Waals surface area contributed by atoms with E-state index in [4.69, 9.17) is 4.74 Å². The van der Waals surface area contributed by atoms with Gasteiger partial charge in [0.15, 0.2) is 6.04 Å². The summed E-state index contributed by atoms with van der Waals surface area (Å²) >= 11 is 0. The molecular weight excluding hydrogens is 262 g/mol. The minimum Gasteiger partial charge on any atom is -0.480 e. The summed E-state index contributed by atoms with van der Waals surface area (Å²) in [5.74, 6) is -1.21. The molecule has 1 amide bonds. The molecule has 1 fully saturated rings. The van der Waals surface area contributed by atoms with E-state index in [1.54, 1.807) is 17.0 Å². The number of amides is 1. The highest BCUT2D eigenvalue weighted by atomic mass is 16.5. The number of carboxylic acids is 1. The van der Waals surface area contributed by atoms with Crippen molar-refractivity contribution in [1.82, 2.24) is 10.3 Å². The van der Waals surface area contributed by atoms with Crippen molar-refractivity contribution in [3.8, 4) is 0 Å². The molecule has 1 aliphatic rings. The minimum absolute atomic E-state index is 0.133. The number of hydrogen-bond acceptors (Lipinski definition) is 5. The Kier molecular flexibility index (Phi) is 4.52. The topological polar surface area (TPSA) is 91.8 Å². The monoisotopic (exact) mass is 279 g/mol. The average molecular weight is 279 g/mol. The van der Waals surface area contributed by atoms with Crippen LogP contribution in [0, 0.1) is 0 Å². The van der Waals surface area contributed by atoms with E-state index < -0.39 is 12.0 Å². The van der Waals surface area contributed by atoms with Gasteiger partial charge in [-0.2, -0.15) is 0 Å². The van der Waals surface area contributed by atoms with Gasteiger partial charge in [0, 0.05) is 25.0 Å². The van der Waals surface area contributed by atoms with Crippen LogP contribution in [0.2, 0.25) is 0 Å². The quantitative estimate of drug-likeness (QED) is 0.813. The molecule has 2 rings (SSSR count). The summed E-state index contributed by atoms with van der Waals surface area (Å²) < 4.78 is 5.19. The van der Waals surface area contributed by atoms with E-state index in [-0.39, 0.29) is 18.2 Å². The highest BCUT2D eigenvalue weighted by Gasteiger charge is 2.29. The Bertz CT molecular complexity index is 506. The van der Waals surface area contributed by atoms with Crippen molar-refractivity contribution in [2.45, 2.75) is 13.0 Å². The first kappa shape index (κ1) is 14.3. The van der Waals surface area contributed by atoms with Gasteiger partial charge in [-0.05, 0) is 19.1 Å². The van der Waals surface area contributed by atoms with Crippen molar-refractivity contribution in [1.29, 1.82) is 0 Å². The van der Waals surface area contributed by atoms with Crippen molar-refractivity contribution in [2.75, 3.05) is 31.2 Å². The van der Waals surface area contributed by atoms with Crippen molar-refractivity contribution in [3.05, 3.63) is 24.0 Å². The molecular formula is C13H17N3O4. The van der Waals surface area contributed by atoms with E-state index in [1.807, 2.05) is 6.92 Å². The molecule has 0 radical (unpaired) electrons. The lowest BCUT2D eigenvalue weighted by Gasteiger charge is -2.34. The number of carboxylic acid groups (broad SMARTS) is 1. The lowest BCUT2D eigenvalue weighted by atomic mass is 10.2. The average Bonchev–Trinajstić information content (AvgIpc) is 2.47. The smallest absolute Gasteiger partial charge is 0.328 e. The molecule has 1 saturated heterocycles. The third-order valence-electron chi connectivity index (χ3n) is 3.06. The Balaban J connectivity index is 2.24. The Morgan fingerprint density at radius 1 is 1.60 bits per heavy atom. The standard InChI is InChI=1S/C13H17N3O4/c1-2-14-12(17)10-7-9(3-4-15-10)16-5-6-20-8-11(16)13(18)19/h3-4,7,11H,2,5-6,8H2,1H3,(H,14,17)(H,18,19). The molecule has 0 aliphatic carbocycles. The number of aliphatic carboxylic acids is 1. The molecule has 2 N–H and O–H groups in total. The second kappa shape index (κ2) is 6.33. The first-order chi connectivity index (χ1) is 9.63. The van der Waals surface area contributed by atoms with Crippen LogP contribution < -0.4 is 10.2 Å². The number of carbonyl (C=O) groups is 2. The highest BCUT2D eigenvalue weighted by Crippen LogP contribution is 2.20. The molecule has 20 heavy (non-hydrogen) atoms. The fraction of sp³-hybridized carbons (Fsp3) is 0.462. The van der Waals surface area contributed by atoms with Gasteiger partial charge in [-0.1, -0.05) is 0 Å². The van der Waals surface area contributed by atoms with Crippen molar-refractivity contribution in [2.24, 2.45) is 0 Å². The number of aromatic nitrogens is 1. The van der Waals surface area contributed by atoms with Crippen LogP contribution in [-0.2, 0) is 9.53 Å². The van der Waals surface area contributed by atoms with Crippen molar-refractivity contribution in [3.63, 3.8) is 0 Å². The zero-order valence-electron chi connectivity index (χ0n) is 11.2. The summed E-state index contributed by atoms with van der Waals surface area (Å²) in [5, 5.41) is 11.9. The summed E-state index contributed by atoms with van der Waals surface area (Å²) in [4.78, 5) is 28.7. The first-order valence-electron chi connectivity index (χ1n) is 6.45. The van der Waals surface area contributed by atoms with Gasteiger partial charge in [0.2, 0.25) is 0 Å². The molecule has 7 heteroatoms. The molecule has 1 atom stereocenters. The largest absolute Gasteiger partial charge is 0.480 e. The zero-order valence-corrected chi connectivity index (χ0v) is 11.2. The van der Waals surface area contributed by atoms with Crippen LogP contribution >= 0.6 is 0 Å². The molecule has 1 aromatic rings. The van der Waals surface area contributed by atoms with Gasteiger partial charge in [0.25, 0.3) is 5.91 Å². The molecule has 2 heterocycles. The second-order valence-electron chi connectivity index (χ2n) is 4.38. The number of hydrogen-bond donors (Lipinski definition) is 2. The maximum atomic E-state index is 11.8.